The van der Waals surface area contributed by atoms with E-state index < -0.39 is 17.5 Å². The number of fused-ring (bicyclic) bond motifs is 4. The van der Waals surface area contributed by atoms with Gasteiger partial charge in [-0.2, -0.15) is 0 Å². The molecule has 0 unspecified atom stereocenters. The van der Waals surface area contributed by atoms with E-state index in [1.165, 1.54) is 4.90 Å². The fourth-order valence-corrected chi connectivity index (χ4v) is 4.98. The fraction of sp³-hybridized carbons (Fsp3) is 0.250. The Bertz CT molecular complexity index is 1430. The first-order valence-electron chi connectivity index (χ1n) is 10.8. The zero-order valence-electron chi connectivity index (χ0n) is 18.2. The van der Waals surface area contributed by atoms with Crippen LogP contribution in [0.1, 0.15) is 37.6 Å². The predicted molar refractivity (Wildman–Crippen MR) is 118 cm³/mol. The van der Waals surface area contributed by atoms with Gasteiger partial charge >= 0.3 is 6.03 Å². The van der Waals surface area contributed by atoms with Crippen LogP contribution in [0.2, 0.25) is 0 Å². The molecule has 1 saturated heterocycles. The second-order valence-electron chi connectivity index (χ2n) is 8.62. The Morgan fingerprint density at radius 2 is 1.94 bits per heavy atom. The first-order chi connectivity index (χ1) is 16.4. The first-order valence-corrected chi connectivity index (χ1v) is 10.8. The van der Waals surface area contributed by atoms with Crippen LogP contribution in [0.25, 0.3) is 11.0 Å². The third-order valence-corrected chi connectivity index (χ3v) is 6.72. The van der Waals surface area contributed by atoms with Gasteiger partial charge in [0, 0.05) is 24.0 Å². The summed E-state index contributed by atoms with van der Waals surface area (Å²) in [5.74, 6) is -0.273. The Balaban J connectivity index is 1.41. The van der Waals surface area contributed by atoms with Crippen molar-refractivity contribution < 1.29 is 28.3 Å². The highest BCUT2D eigenvalue weighted by Gasteiger charge is 2.52. The van der Waals surface area contributed by atoms with Crippen LogP contribution < -0.4 is 20.7 Å². The van der Waals surface area contributed by atoms with Gasteiger partial charge in [-0.25, -0.2) is 4.79 Å². The maximum Gasteiger partial charge on any atom is 0.322 e. The van der Waals surface area contributed by atoms with Crippen LogP contribution in [0.4, 0.5) is 4.79 Å². The molecule has 10 nitrogen and oxygen atoms in total. The SMILES string of the molecule is COc1ccc2c(c1)CCN(C[C@@]1(c3cc4c5c(ccc4o3)CNC5=O)NC(=O)NC1=O)C2=O. The van der Waals surface area contributed by atoms with Gasteiger partial charge < -0.3 is 24.7 Å². The second kappa shape index (κ2) is 7.08. The number of ether oxygens (including phenoxy) is 1. The molecule has 5 amide bonds. The summed E-state index contributed by atoms with van der Waals surface area (Å²) in [6.07, 6.45) is 0.567. The van der Waals surface area contributed by atoms with E-state index in [1.807, 2.05) is 6.07 Å². The highest BCUT2D eigenvalue weighted by Crippen LogP contribution is 2.36. The number of rotatable bonds is 4. The van der Waals surface area contributed by atoms with Crippen LogP contribution in [-0.2, 0) is 23.3 Å². The largest absolute Gasteiger partial charge is 0.497 e. The molecule has 1 atom stereocenters. The lowest BCUT2D eigenvalue weighted by molar-refractivity contribution is -0.125. The summed E-state index contributed by atoms with van der Waals surface area (Å²) < 4.78 is 11.3. The van der Waals surface area contributed by atoms with Crippen LogP contribution in [0.15, 0.2) is 40.8 Å². The van der Waals surface area contributed by atoms with Crippen molar-refractivity contribution in [1.82, 2.24) is 20.9 Å². The normalized spacial score (nSPS) is 21.3. The molecule has 6 rings (SSSR count). The molecule has 2 aromatic carbocycles. The molecule has 1 fully saturated rings. The molecular weight excluding hydrogens is 440 g/mol. The number of methoxy groups -OCH3 is 1. The standard InChI is InChI=1S/C24H20N4O6/c1-33-14-3-4-15-12(8-14)6-7-28(21(15)30)11-24(22(31)26-23(32)27-24)18-9-16-17(34-18)5-2-13-10-25-20(29)19(13)16/h2-5,8-9H,6-7,10-11H2,1H3,(H,25,29)(H2,26,27,31,32)/t24-/m0/s1. The van der Waals surface area contributed by atoms with Gasteiger partial charge in [-0.15, -0.1) is 0 Å². The topological polar surface area (TPSA) is 130 Å². The number of amides is 5. The summed E-state index contributed by atoms with van der Waals surface area (Å²) in [5.41, 5.74) is 1.49. The number of nitrogens with zero attached hydrogens (tertiary/aromatic N) is 1. The molecule has 172 valence electrons. The van der Waals surface area contributed by atoms with Crippen molar-refractivity contribution in [3.63, 3.8) is 0 Å². The Morgan fingerprint density at radius 3 is 2.71 bits per heavy atom. The molecule has 0 aliphatic carbocycles. The minimum absolute atomic E-state index is 0.122. The van der Waals surface area contributed by atoms with Crippen LogP contribution >= 0.6 is 0 Å². The zero-order valence-corrected chi connectivity index (χ0v) is 18.2. The van der Waals surface area contributed by atoms with Crippen molar-refractivity contribution in [1.29, 1.82) is 0 Å². The molecule has 0 spiro atoms. The minimum atomic E-state index is -1.63. The number of benzene rings is 2. The number of furan rings is 1. The van der Waals surface area contributed by atoms with Crippen molar-refractivity contribution in [2.75, 3.05) is 20.2 Å². The van der Waals surface area contributed by atoms with E-state index in [-0.39, 0.29) is 24.1 Å². The monoisotopic (exact) mass is 460 g/mol. The van der Waals surface area contributed by atoms with Crippen molar-refractivity contribution in [3.05, 3.63) is 64.4 Å². The number of hydrogen-bond acceptors (Lipinski definition) is 6. The van der Waals surface area contributed by atoms with Gasteiger partial charge in [0.2, 0.25) is 0 Å². The highest BCUT2D eigenvalue weighted by atomic mass is 16.5. The second-order valence-corrected chi connectivity index (χ2v) is 8.62. The highest BCUT2D eigenvalue weighted by molar-refractivity contribution is 6.11. The van der Waals surface area contributed by atoms with Crippen LogP contribution in [-0.4, -0.2) is 48.9 Å². The molecule has 3 aromatic rings. The molecule has 0 radical (unpaired) electrons. The lowest BCUT2D eigenvalue weighted by Gasteiger charge is -2.34. The molecule has 3 N–H and O–H groups in total. The summed E-state index contributed by atoms with van der Waals surface area (Å²) in [4.78, 5) is 52.5. The van der Waals surface area contributed by atoms with E-state index in [9.17, 15) is 19.2 Å². The van der Waals surface area contributed by atoms with Gasteiger partial charge in [-0.1, -0.05) is 6.07 Å². The fourth-order valence-electron chi connectivity index (χ4n) is 4.98. The van der Waals surface area contributed by atoms with Crippen LogP contribution in [0.3, 0.4) is 0 Å². The molecule has 3 aliphatic rings. The summed E-state index contributed by atoms with van der Waals surface area (Å²) >= 11 is 0. The van der Waals surface area contributed by atoms with E-state index >= 15 is 0 Å². The average Bonchev–Trinajstić information content (AvgIpc) is 3.50. The van der Waals surface area contributed by atoms with Crippen molar-refractivity contribution in [3.8, 4) is 5.75 Å². The van der Waals surface area contributed by atoms with E-state index in [4.69, 9.17) is 9.15 Å². The van der Waals surface area contributed by atoms with Gasteiger partial charge in [0.05, 0.1) is 19.2 Å². The Kier molecular flexibility index (Phi) is 4.22. The molecule has 1 aromatic heterocycles. The number of nitrogens with one attached hydrogen (secondary N) is 3. The van der Waals surface area contributed by atoms with Crippen molar-refractivity contribution in [2.24, 2.45) is 0 Å². The molecule has 4 heterocycles. The van der Waals surface area contributed by atoms with Gasteiger partial charge in [0.25, 0.3) is 17.7 Å². The van der Waals surface area contributed by atoms with E-state index in [0.717, 1.165) is 11.1 Å². The van der Waals surface area contributed by atoms with Gasteiger partial charge in [0.15, 0.2) is 5.54 Å². The lowest BCUT2D eigenvalue weighted by atomic mass is 9.92. The summed E-state index contributed by atoms with van der Waals surface area (Å²) in [7, 11) is 1.57. The third-order valence-electron chi connectivity index (χ3n) is 6.72. The lowest BCUT2D eigenvalue weighted by Crippen LogP contribution is -2.55. The number of carbonyl (C=O) groups excluding carboxylic acids is 4. The Morgan fingerprint density at radius 1 is 1.09 bits per heavy atom. The predicted octanol–water partition coefficient (Wildman–Crippen LogP) is 1.42. The zero-order chi connectivity index (χ0) is 23.6. The van der Waals surface area contributed by atoms with E-state index in [1.54, 1.807) is 37.4 Å². The average molecular weight is 460 g/mol. The summed E-state index contributed by atoms with van der Waals surface area (Å²) in [5, 5.41) is 8.28. The molecule has 10 heteroatoms. The Hall–Kier alpha value is -4.34. The van der Waals surface area contributed by atoms with Gasteiger partial charge in [-0.3, -0.25) is 19.7 Å². The van der Waals surface area contributed by atoms with Gasteiger partial charge in [-0.05, 0) is 47.9 Å². The van der Waals surface area contributed by atoms with Crippen LogP contribution in [0.5, 0.6) is 5.75 Å². The van der Waals surface area contributed by atoms with Crippen LogP contribution in [0, 0.1) is 0 Å². The molecule has 0 saturated carbocycles. The number of urea groups is 1. The third kappa shape index (κ3) is 2.81. The summed E-state index contributed by atoms with van der Waals surface area (Å²) in [6.45, 7) is 0.643. The summed E-state index contributed by atoms with van der Waals surface area (Å²) in [6, 6.07) is 9.70. The number of imide groups is 1. The quantitative estimate of drug-likeness (QED) is 0.505. The molecule has 34 heavy (non-hydrogen) atoms. The maximum atomic E-state index is 13.3. The maximum absolute atomic E-state index is 13.3. The van der Waals surface area contributed by atoms with E-state index in [0.29, 0.717) is 47.4 Å². The number of hydrogen-bond donors (Lipinski definition) is 3. The smallest absolute Gasteiger partial charge is 0.322 e. The molecular formula is C24H20N4O6. The molecule has 0 bridgehead atoms. The number of carbonyl (C=O) groups is 4. The van der Waals surface area contributed by atoms with Crippen molar-refractivity contribution in [2.45, 2.75) is 18.5 Å². The van der Waals surface area contributed by atoms with E-state index in [2.05, 4.69) is 16.0 Å². The van der Waals surface area contributed by atoms with Crippen molar-refractivity contribution >= 4 is 34.7 Å². The Labute approximate surface area is 193 Å². The minimum Gasteiger partial charge on any atom is -0.497 e. The molecule has 3 aliphatic heterocycles. The van der Waals surface area contributed by atoms with Gasteiger partial charge in [0.1, 0.15) is 17.1 Å². The first kappa shape index (κ1) is 20.3.